The third kappa shape index (κ3) is 4.81. The third-order valence-electron chi connectivity index (χ3n) is 5.27. The first kappa shape index (κ1) is 23.1. The quantitative estimate of drug-likeness (QED) is 0.518. The topological polar surface area (TPSA) is 105 Å². The van der Waals surface area contributed by atoms with Crippen molar-refractivity contribution in [1.29, 1.82) is 0 Å². The van der Waals surface area contributed by atoms with Gasteiger partial charge in [-0.3, -0.25) is 4.79 Å². The number of carbonyl (C=O) groups is 1. The highest BCUT2D eigenvalue weighted by molar-refractivity contribution is 7.92. The Morgan fingerprint density at radius 2 is 1.79 bits per heavy atom. The Labute approximate surface area is 198 Å². The minimum Gasteiger partial charge on any atom is -0.478 e. The predicted octanol–water partition coefficient (Wildman–Crippen LogP) is 2.92. The fourth-order valence-electron chi connectivity index (χ4n) is 3.37. The molecule has 1 aliphatic heterocycles. The van der Waals surface area contributed by atoms with Crippen molar-refractivity contribution in [2.45, 2.75) is 11.3 Å². The summed E-state index contributed by atoms with van der Waals surface area (Å²) in [5.74, 6) is 0.0717. The molecule has 0 fully saturated rings. The summed E-state index contributed by atoms with van der Waals surface area (Å²) < 4.78 is 32.2. The van der Waals surface area contributed by atoms with E-state index in [9.17, 15) is 13.2 Å². The van der Waals surface area contributed by atoms with Gasteiger partial charge >= 0.3 is 0 Å². The maximum absolute atomic E-state index is 13.0. The first-order chi connectivity index (χ1) is 16.4. The van der Waals surface area contributed by atoms with Crippen LogP contribution in [0.3, 0.4) is 0 Å². The number of amides is 1. The van der Waals surface area contributed by atoms with Crippen LogP contribution in [0.1, 0.15) is 15.9 Å². The zero-order chi connectivity index (χ0) is 24.1. The fourth-order valence-corrected chi connectivity index (χ4v) is 4.52. The average Bonchev–Trinajstić information content (AvgIpc) is 3.36. The molecule has 0 spiro atoms. The molecule has 34 heavy (non-hydrogen) atoms. The average molecular weight is 478 g/mol. The minimum absolute atomic E-state index is 0.105. The normalized spacial score (nSPS) is 14.4. The molecule has 0 N–H and O–H groups in total. The van der Waals surface area contributed by atoms with Gasteiger partial charge in [-0.2, -0.15) is 5.10 Å². The fraction of sp³-hybridized carbons (Fsp3) is 0.167. The van der Waals surface area contributed by atoms with E-state index in [4.69, 9.17) is 4.74 Å². The van der Waals surface area contributed by atoms with Crippen molar-refractivity contribution in [2.75, 3.05) is 25.0 Å². The molecule has 4 rings (SSSR count). The number of rotatable bonds is 7. The monoisotopic (exact) mass is 477 g/mol. The predicted molar refractivity (Wildman–Crippen MR) is 128 cm³/mol. The van der Waals surface area contributed by atoms with Crippen LogP contribution in [0.5, 0.6) is 5.88 Å². The second-order valence-corrected chi connectivity index (χ2v) is 9.43. The highest BCUT2D eigenvalue weighted by Crippen LogP contribution is 2.27. The number of methoxy groups -OCH3 is 1. The van der Waals surface area contributed by atoms with Crippen LogP contribution in [0.2, 0.25) is 0 Å². The van der Waals surface area contributed by atoms with E-state index in [0.717, 1.165) is 15.4 Å². The lowest BCUT2D eigenvalue weighted by molar-refractivity contribution is 0.0785. The van der Waals surface area contributed by atoms with E-state index in [1.54, 1.807) is 42.6 Å². The molecule has 1 aliphatic rings. The summed E-state index contributed by atoms with van der Waals surface area (Å²) in [5.41, 5.74) is 2.42. The highest BCUT2D eigenvalue weighted by atomic mass is 32.2. The molecule has 1 aromatic heterocycles. The maximum Gasteiger partial charge on any atom is 0.274 e. The molecule has 0 saturated heterocycles. The molecule has 1 amide bonds. The largest absolute Gasteiger partial charge is 0.478 e. The van der Waals surface area contributed by atoms with Crippen molar-refractivity contribution in [1.82, 2.24) is 15.0 Å². The van der Waals surface area contributed by atoms with E-state index in [2.05, 4.69) is 15.1 Å². The summed E-state index contributed by atoms with van der Waals surface area (Å²) in [6.45, 7) is 0.394. The van der Waals surface area contributed by atoms with Crippen LogP contribution in [-0.2, 0) is 16.4 Å². The molecule has 2 heterocycles. The number of benzene rings is 2. The maximum atomic E-state index is 13.0. The third-order valence-corrected chi connectivity index (χ3v) is 7.03. The summed E-state index contributed by atoms with van der Waals surface area (Å²) in [5, 5.41) is 5.62. The molecule has 3 aromatic rings. The molecular formula is C24H23N5O4S. The van der Waals surface area contributed by atoms with Crippen LogP contribution in [0.15, 0.2) is 88.6 Å². The number of anilines is 1. The van der Waals surface area contributed by atoms with Gasteiger partial charge in [-0.05, 0) is 41.8 Å². The van der Waals surface area contributed by atoms with E-state index < -0.39 is 10.0 Å². The molecule has 9 nitrogen and oxygen atoms in total. The summed E-state index contributed by atoms with van der Waals surface area (Å²) in [7, 11) is -1.03. The summed E-state index contributed by atoms with van der Waals surface area (Å²) in [6.07, 6.45) is 7.05. The van der Waals surface area contributed by atoms with Crippen molar-refractivity contribution in [2.24, 2.45) is 5.10 Å². The SMILES string of the molecule is COc1nccnc1N(C)S(=O)(=O)c1ccc(C/C=C2\C=NN(C(=O)c3ccccc3)C2)cc1. The Balaban J connectivity index is 1.42. The van der Waals surface area contributed by atoms with E-state index in [1.807, 2.05) is 24.3 Å². The smallest absolute Gasteiger partial charge is 0.274 e. The standard InChI is InChI=1S/C24H23N5O4S/c1-28(22-23(33-2)26-15-14-25-22)34(31,32)21-12-10-18(11-13-21)8-9-19-16-27-29(17-19)24(30)20-6-4-3-5-7-20/h3-7,9-16H,8,17H2,1-2H3/b19-9+. The second-order valence-electron chi connectivity index (χ2n) is 7.46. The lowest BCUT2D eigenvalue weighted by atomic mass is 10.1. The Hall–Kier alpha value is -4.05. The van der Waals surface area contributed by atoms with Gasteiger partial charge in [0.2, 0.25) is 5.82 Å². The van der Waals surface area contributed by atoms with E-state index >= 15 is 0 Å². The van der Waals surface area contributed by atoms with Gasteiger partial charge in [0.1, 0.15) is 0 Å². The van der Waals surface area contributed by atoms with Crippen molar-refractivity contribution < 1.29 is 17.9 Å². The number of hydrogen-bond donors (Lipinski definition) is 0. The molecule has 10 heteroatoms. The molecule has 0 saturated carbocycles. The van der Waals surface area contributed by atoms with Crippen LogP contribution < -0.4 is 9.04 Å². The molecule has 0 atom stereocenters. The molecule has 174 valence electrons. The Kier molecular flexibility index (Phi) is 6.69. The number of hydrazone groups is 1. The van der Waals surface area contributed by atoms with Gasteiger partial charge in [-0.15, -0.1) is 0 Å². The van der Waals surface area contributed by atoms with E-state index in [-0.39, 0.29) is 22.5 Å². The van der Waals surface area contributed by atoms with Crippen molar-refractivity contribution in [3.63, 3.8) is 0 Å². The highest BCUT2D eigenvalue weighted by Gasteiger charge is 2.25. The lowest BCUT2D eigenvalue weighted by Crippen LogP contribution is -2.28. The van der Waals surface area contributed by atoms with Gasteiger partial charge in [0, 0.05) is 25.0 Å². The number of nitrogens with zero attached hydrogens (tertiary/aromatic N) is 5. The summed E-state index contributed by atoms with van der Waals surface area (Å²) >= 11 is 0. The van der Waals surface area contributed by atoms with Crippen LogP contribution in [0.4, 0.5) is 5.82 Å². The first-order valence-electron chi connectivity index (χ1n) is 10.4. The van der Waals surface area contributed by atoms with Gasteiger partial charge in [0.25, 0.3) is 21.8 Å². The van der Waals surface area contributed by atoms with Crippen molar-refractivity contribution >= 4 is 28.0 Å². The van der Waals surface area contributed by atoms with Crippen LogP contribution in [0, 0.1) is 0 Å². The molecular weight excluding hydrogens is 454 g/mol. The zero-order valence-electron chi connectivity index (χ0n) is 18.7. The minimum atomic E-state index is -3.85. The second kappa shape index (κ2) is 9.84. The molecule has 0 aliphatic carbocycles. The van der Waals surface area contributed by atoms with Gasteiger partial charge < -0.3 is 4.74 Å². The van der Waals surface area contributed by atoms with Gasteiger partial charge in [-0.1, -0.05) is 36.4 Å². The number of ether oxygens (including phenoxy) is 1. The Bertz CT molecular complexity index is 1340. The van der Waals surface area contributed by atoms with Crippen molar-refractivity contribution in [3.8, 4) is 5.88 Å². The van der Waals surface area contributed by atoms with Crippen LogP contribution in [0.25, 0.3) is 0 Å². The first-order valence-corrected chi connectivity index (χ1v) is 11.9. The molecule has 2 aromatic carbocycles. The van der Waals surface area contributed by atoms with Gasteiger partial charge in [0.15, 0.2) is 0 Å². The summed E-state index contributed by atoms with van der Waals surface area (Å²) in [6, 6.07) is 15.6. The molecule has 0 bridgehead atoms. The Morgan fingerprint density at radius 3 is 2.50 bits per heavy atom. The lowest BCUT2D eigenvalue weighted by Gasteiger charge is -2.19. The van der Waals surface area contributed by atoms with E-state index in [1.165, 1.54) is 31.6 Å². The van der Waals surface area contributed by atoms with Crippen LogP contribution >= 0.6 is 0 Å². The zero-order valence-corrected chi connectivity index (χ0v) is 19.5. The van der Waals surface area contributed by atoms with E-state index in [0.29, 0.717) is 18.5 Å². The Morgan fingerprint density at radius 1 is 1.09 bits per heavy atom. The number of aromatic nitrogens is 2. The number of sulfonamides is 1. The number of carbonyl (C=O) groups excluding carboxylic acids is 1. The van der Waals surface area contributed by atoms with Crippen LogP contribution in [-0.4, -0.2) is 56.2 Å². The molecule has 0 radical (unpaired) electrons. The summed E-state index contributed by atoms with van der Waals surface area (Å²) in [4.78, 5) is 20.7. The number of hydrogen-bond acceptors (Lipinski definition) is 7. The molecule has 0 unspecified atom stereocenters. The van der Waals surface area contributed by atoms with Gasteiger partial charge in [0.05, 0.1) is 24.8 Å². The van der Waals surface area contributed by atoms with Gasteiger partial charge in [-0.25, -0.2) is 27.7 Å². The van der Waals surface area contributed by atoms with Crippen molar-refractivity contribution in [3.05, 3.63) is 89.8 Å². The number of allylic oxidation sites excluding steroid dienone is 1.